The van der Waals surface area contributed by atoms with Gasteiger partial charge in [0.15, 0.2) is 0 Å². The Morgan fingerprint density at radius 1 is 1.00 bits per heavy atom. The Morgan fingerprint density at radius 2 is 1.64 bits per heavy atom. The number of amides is 2. The topological polar surface area (TPSA) is 126 Å². The molecule has 186 valence electrons. The number of carbonyl (C=O) groups is 3. The van der Waals surface area contributed by atoms with Gasteiger partial charge < -0.3 is 15.7 Å². The second-order valence-electron chi connectivity index (χ2n) is 9.02. The minimum Gasteiger partial charge on any atom is -0.481 e. The summed E-state index contributed by atoms with van der Waals surface area (Å²) < 4.78 is 0. The molecular formula is C27H27ClN4O4. The number of aliphatic carboxylic acids is 1. The van der Waals surface area contributed by atoms with Gasteiger partial charge in [0.1, 0.15) is 5.69 Å². The van der Waals surface area contributed by atoms with Gasteiger partial charge in [-0.15, -0.1) is 0 Å². The number of primary amides is 1. The number of carboxylic acid groups (broad SMARTS) is 1. The number of carbonyl (C=O) groups excluding carboxylic acids is 2. The monoisotopic (exact) mass is 506 g/mol. The van der Waals surface area contributed by atoms with Crippen LogP contribution < -0.4 is 5.73 Å². The number of carboxylic acids is 1. The number of hydrogen-bond donors (Lipinski definition) is 2. The first-order valence-corrected chi connectivity index (χ1v) is 12.1. The van der Waals surface area contributed by atoms with Crippen molar-refractivity contribution in [2.45, 2.75) is 33.1 Å². The van der Waals surface area contributed by atoms with E-state index in [0.29, 0.717) is 48.0 Å². The van der Waals surface area contributed by atoms with Crippen molar-refractivity contribution in [2.75, 3.05) is 13.1 Å². The van der Waals surface area contributed by atoms with Crippen LogP contribution in [0.15, 0.2) is 42.5 Å². The smallest absolute Gasteiger partial charge is 0.306 e. The standard InChI is InChI=1S/C27H27ClN4O4/c1-15-24(31-25(26(29)34)16(2)30-15)19-6-4-18(5-7-19)21-8-3-17(13-22(21)28)14-23(33)32-11-9-20(10-12-32)27(35)36/h3-8,13,20H,9-12,14H2,1-2H3,(H2,29,34)(H,35,36). The van der Waals surface area contributed by atoms with Crippen LogP contribution in [-0.4, -0.2) is 50.8 Å². The normalized spacial score (nSPS) is 14.0. The fourth-order valence-electron chi connectivity index (χ4n) is 4.51. The summed E-state index contributed by atoms with van der Waals surface area (Å²) in [5.74, 6) is -1.82. The molecule has 36 heavy (non-hydrogen) atoms. The first-order valence-electron chi connectivity index (χ1n) is 11.7. The van der Waals surface area contributed by atoms with Crippen LogP contribution in [-0.2, 0) is 16.0 Å². The van der Waals surface area contributed by atoms with Crippen molar-refractivity contribution in [1.82, 2.24) is 14.9 Å². The molecule has 9 heteroatoms. The first-order chi connectivity index (χ1) is 17.1. The number of nitrogens with two attached hydrogens (primary N) is 1. The van der Waals surface area contributed by atoms with E-state index in [1.54, 1.807) is 17.9 Å². The van der Waals surface area contributed by atoms with Crippen molar-refractivity contribution in [2.24, 2.45) is 11.7 Å². The molecular weight excluding hydrogens is 480 g/mol. The van der Waals surface area contributed by atoms with Crippen LogP contribution in [0.5, 0.6) is 0 Å². The van der Waals surface area contributed by atoms with Crippen molar-refractivity contribution in [3.8, 4) is 22.4 Å². The van der Waals surface area contributed by atoms with Gasteiger partial charge in [0.2, 0.25) is 5.91 Å². The van der Waals surface area contributed by atoms with E-state index in [1.807, 2.05) is 43.3 Å². The number of nitrogens with zero attached hydrogens (tertiary/aromatic N) is 3. The number of hydrogen-bond acceptors (Lipinski definition) is 5. The zero-order chi connectivity index (χ0) is 26.0. The van der Waals surface area contributed by atoms with Gasteiger partial charge in [-0.25, -0.2) is 4.98 Å². The predicted molar refractivity (Wildman–Crippen MR) is 137 cm³/mol. The van der Waals surface area contributed by atoms with Crippen LogP contribution in [0.3, 0.4) is 0 Å². The fourth-order valence-corrected chi connectivity index (χ4v) is 4.82. The molecule has 2 aromatic carbocycles. The number of halogens is 1. The molecule has 1 aliphatic rings. The van der Waals surface area contributed by atoms with Gasteiger partial charge in [-0.05, 0) is 43.9 Å². The highest BCUT2D eigenvalue weighted by molar-refractivity contribution is 6.33. The Morgan fingerprint density at radius 3 is 2.22 bits per heavy atom. The maximum atomic E-state index is 12.7. The summed E-state index contributed by atoms with van der Waals surface area (Å²) in [5.41, 5.74) is 10.7. The molecule has 3 aromatic rings. The third-order valence-corrected chi connectivity index (χ3v) is 6.85. The van der Waals surface area contributed by atoms with Crippen LogP contribution in [0.2, 0.25) is 5.02 Å². The van der Waals surface area contributed by atoms with E-state index in [2.05, 4.69) is 9.97 Å². The second kappa shape index (κ2) is 10.5. The lowest BCUT2D eigenvalue weighted by Crippen LogP contribution is -2.40. The fraction of sp³-hybridized carbons (Fsp3) is 0.296. The summed E-state index contributed by atoms with van der Waals surface area (Å²) in [6.45, 7) is 4.45. The van der Waals surface area contributed by atoms with Gasteiger partial charge in [-0.3, -0.25) is 19.4 Å². The van der Waals surface area contributed by atoms with Crippen molar-refractivity contribution in [3.63, 3.8) is 0 Å². The molecule has 2 heterocycles. The Hall–Kier alpha value is -3.78. The van der Waals surface area contributed by atoms with Crippen molar-refractivity contribution >= 4 is 29.4 Å². The highest BCUT2D eigenvalue weighted by Gasteiger charge is 2.27. The van der Waals surface area contributed by atoms with Crippen LogP contribution >= 0.6 is 11.6 Å². The van der Waals surface area contributed by atoms with Crippen molar-refractivity contribution in [3.05, 3.63) is 70.1 Å². The summed E-state index contributed by atoms with van der Waals surface area (Å²) in [7, 11) is 0. The molecule has 2 amide bonds. The Balaban J connectivity index is 1.48. The summed E-state index contributed by atoms with van der Waals surface area (Å²) in [6, 6.07) is 13.2. The summed E-state index contributed by atoms with van der Waals surface area (Å²) in [4.78, 5) is 46.0. The Kier molecular flexibility index (Phi) is 7.35. The lowest BCUT2D eigenvalue weighted by atomic mass is 9.96. The molecule has 0 saturated carbocycles. The molecule has 3 N–H and O–H groups in total. The van der Waals surface area contributed by atoms with Crippen molar-refractivity contribution < 1.29 is 19.5 Å². The SMILES string of the molecule is Cc1nc(C)c(-c2ccc(-c3ccc(CC(=O)N4CCC(C(=O)O)CC4)cc3Cl)cc2)nc1C(N)=O. The van der Waals surface area contributed by atoms with E-state index < -0.39 is 11.9 Å². The number of likely N-dealkylation sites (tertiary alicyclic amines) is 1. The minimum atomic E-state index is -0.796. The zero-order valence-corrected chi connectivity index (χ0v) is 20.9. The Labute approximate surface area is 214 Å². The zero-order valence-electron chi connectivity index (χ0n) is 20.1. The van der Waals surface area contributed by atoms with E-state index in [9.17, 15) is 14.4 Å². The maximum Gasteiger partial charge on any atom is 0.306 e. The molecule has 0 radical (unpaired) electrons. The molecule has 1 fully saturated rings. The van der Waals surface area contributed by atoms with E-state index in [1.165, 1.54) is 0 Å². The van der Waals surface area contributed by atoms with Gasteiger partial charge in [0.05, 0.1) is 29.4 Å². The molecule has 8 nitrogen and oxygen atoms in total. The Bertz CT molecular complexity index is 1330. The van der Waals surface area contributed by atoms with Crippen LogP contribution in [0.1, 0.15) is 40.3 Å². The highest BCUT2D eigenvalue weighted by atomic mass is 35.5. The molecule has 0 atom stereocenters. The van der Waals surface area contributed by atoms with Gasteiger partial charge in [-0.2, -0.15) is 0 Å². The number of piperidine rings is 1. The summed E-state index contributed by atoms with van der Waals surface area (Å²) in [5, 5.41) is 9.66. The molecule has 0 spiro atoms. The molecule has 0 unspecified atom stereocenters. The molecule has 1 saturated heterocycles. The number of rotatable bonds is 6. The number of aromatic nitrogens is 2. The lowest BCUT2D eigenvalue weighted by molar-refractivity contribution is -0.145. The molecule has 0 bridgehead atoms. The lowest BCUT2D eigenvalue weighted by Gasteiger charge is -2.30. The van der Waals surface area contributed by atoms with E-state index >= 15 is 0 Å². The van der Waals surface area contributed by atoms with E-state index in [0.717, 1.165) is 22.3 Å². The van der Waals surface area contributed by atoms with Gasteiger partial charge >= 0.3 is 5.97 Å². The third-order valence-electron chi connectivity index (χ3n) is 6.53. The average molecular weight is 507 g/mol. The van der Waals surface area contributed by atoms with E-state index in [4.69, 9.17) is 22.4 Å². The average Bonchev–Trinajstić information content (AvgIpc) is 2.84. The number of benzene rings is 2. The maximum absolute atomic E-state index is 12.7. The number of aryl methyl sites for hydroxylation is 2. The third kappa shape index (κ3) is 5.39. The quantitative estimate of drug-likeness (QED) is 0.519. The van der Waals surface area contributed by atoms with Gasteiger partial charge in [-0.1, -0.05) is 48.0 Å². The molecule has 4 rings (SSSR count). The molecule has 1 aromatic heterocycles. The largest absolute Gasteiger partial charge is 0.481 e. The van der Waals surface area contributed by atoms with Crippen LogP contribution in [0, 0.1) is 19.8 Å². The van der Waals surface area contributed by atoms with Gasteiger partial charge in [0, 0.05) is 29.2 Å². The second-order valence-corrected chi connectivity index (χ2v) is 9.42. The molecule has 1 aliphatic heterocycles. The summed E-state index contributed by atoms with van der Waals surface area (Å²) in [6.07, 6.45) is 1.17. The molecule has 0 aliphatic carbocycles. The minimum absolute atomic E-state index is 0.0306. The van der Waals surface area contributed by atoms with Crippen LogP contribution in [0.25, 0.3) is 22.4 Å². The highest BCUT2D eigenvalue weighted by Crippen LogP contribution is 2.31. The predicted octanol–water partition coefficient (Wildman–Crippen LogP) is 4.05. The summed E-state index contributed by atoms with van der Waals surface area (Å²) >= 11 is 6.58. The van der Waals surface area contributed by atoms with E-state index in [-0.39, 0.29) is 23.9 Å². The van der Waals surface area contributed by atoms with Crippen molar-refractivity contribution in [1.29, 1.82) is 0 Å². The van der Waals surface area contributed by atoms with Gasteiger partial charge in [0.25, 0.3) is 5.91 Å². The van der Waals surface area contributed by atoms with Crippen LogP contribution in [0.4, 0.5) is 0 Å². The first kappa shape index (κ1) is 25.3.